The molecule has 1 aliphatic heterocycles. The third-order valence-electron chi connectivity index (χ3n) is 3.89. The average molecular weight is 377 g/mol. The Morgan fingerprint density at radius 1 is 1.20 bits per heavy atom. The Kier molecular flexibility index (Phi) is 8.22. The zero-order valence-electron chi connectivity index (χ0n) is 14.7. The minimum absolute atomic E-state index is 0.134. The predicted molar refractivity (Wildman–Crippen MR) is 106 cm³/mol. The van der Waals surface area contributed by atoms with Crippen molar-refractivity contribution in [2.45, 2.75) is 26.7 Å². The zero-order valence-corrected chi connectivity index (χ0v) is 16.3. The van der Waals surface area contributed by atoms with Gasteiger partial charge < -0.3 is 4.74 Å². The minimum atomic E-state index is -0.443. The lowest BCUT2D eigenvalue weighted by molar-refractivity contribution is 0.0506. The van der Waals surface area contributed by atoms with E-state index >= 15 is 0 Å². The van der Waals surface area contributed by atoms with Gasteiger partial charge in [-0.3, -0.25) is 4.79 Å². The summed E-state index contributed by atoms with van der Waals surface area (Å²) in [6.45, 7) is 4.08. The minimum Gasteiger partial charge on any atom is -0.462 e. The molecule has 1 aliphatic rings. The van der Waals surface area contributed by atoms with Crippen LogP contribution in [-0.2, 0) is 11.2 Å². The van der Waals surface area contributed by atoms with Gasteiger partial charge in [0.15, 0.2) is 5.78 Å². The first-order valence-electron chi connectivity index (χ1n) is 8.44. The van der Waals surface area contributed by atoms with Gasteiger partial charge in [0.05, 0.1) is 12.2 Å². The van der Waals surface area contributed by atoms with Crippen molar-refractivity contribution in [3.63, 3.8) is 0 Å². The normalized spacial score (nSPS) is 16.0. The molecule has 0 N–H and O–H groups in total. The van der Waals surface area contributed by atoms with Crippen LogP contribution in [0.3, 0.4) is 0 Å². The summed E-state index contributed by atoms with van der Waals surface area (Å²) in [5, 5.41) is 4.01. The van der Waals surface area contributed by atoms with E-state index in [0.29, 0.717) is 24.2 Å². The van der Waals surface area contributed by atoms with Gasteiger partial charge >= 0.3 is 5.97 Å². The standard InChI is InChI=1S/C15H14O3S.C5H10S/c1-11(16)13-4-2-3-5-14(13)15(17)18-8-6-12-7-9-19-10-12;1-5-2-3-6-4-5/h2-5,7,9-10H,6,8H2,1H3;5H,2-4H2,1H3. The highest BCUT2D eigenvalue weighted by atomic mass is 32.2. The van der Waals surface area contributed by atoms with E-state index in [1.807, 2.05) is 16.8 Å². The molecule has 2 aromatic rings. The number of hydrogen-bond donors (Lipinski definition) is 0. The molecule has 1 saturated heterocycles. The lowest BCUT2D eigenvalue weighted by atomic mass is 10.0. The van der Waals surface area contributed by atoms with E-state index in [-0.39, 0.29) is 5.78 Å². The molecule has 3 nitrogen and oxygen atoms in total. The van der Waals surface area contributed by atoms with Crippen LogP contribution in [0.15, 0.2) is 41.1 Å². The molecule has 0 spiro atoms. The molecule has 0 saturated carbocycles. The summed E-state index contributed by atoms with van der Waals surface area (Å²) in [6, 6.07) is 8.71. The highest BCUT2D eigenvalue weighted by Gasteiger charge is 2.14. The van der Waals surface area contributed by atoms with Crippen molar-refractivity contribution >= 4 is 34.9 Å². The van der Waals surface area contributed by atoms with E-state index in [2.05, 4.69) is 18.7 Å². The molecule has 0 bridgehead atoms. The van der Waals surface area contributed by atoms with Crippen molar-refractivity contribution in [3.8, 4) is 0 Å². The number of Topliss-reactive ketones (excluding diaryl/α,β-unsaturated/α-hetero) is 1. The maximum Gasteiger partial charge on any atom is 0.338 e. The SMILES string of the molecule is CC(=O)c1ccccc1C(=O)OCCc1ccsc1.CC1CCSC1. The monoisotopic (exact) mass is 376 g/mol. The molecule has 5 heteroatoms. The number of thiophene rings is 1. The Labute approximate surface area is 157 Å². The topological polar surface area (TPSA) is 43.4 Å². The molecule has 134 valence electrons. The molecule has 2 heterocycles. The fraction of sp³-hybridized carbons (Fsp3) is 0.400. The Hall–Kier alpha value is -1.59. The van der Waals surface area contributed by atoms with Crippen LogP contribution in [0.4, 0.5) is 0 Å². The molecule has 1 aromatic carbocycles. The van der Waals surface area contributed by atoms with Crippen molar-refractivity contribution in [3.05, 3.63) is 57.8 Å². The summed E-state index contributed by atoms with van der Waals surface area (Å²) < 4.78 is 5.21. The molecule has 0 radical (unpaired) electrons. The zero-order chi connectivity index (χ0) is 18.1. The smallest absolute Gasteiger partial charge is 0.338 e. The number of carbonyl (C=O) groups is 2. The molecule has 0 aliphatic carbocycles. The lowest BCUT2D eigenvalue weighted by Crippen LogP contribution is -2.12. The van der Waals surface area contributed by atoms with Crippen molar-refractivity contribution in [1.29, 1.82) is 0 Å². The summed E-state index contributed by atoms with van der Waals surface area (Å²) in [7, 11) is 0. The second-order valence-electron chi connectivity index (χ2n) is 6.09. The highest BCUT2D eigenvalue weighted by Crippen LogP contribution is 2.21. The van der Waals surface area contributed by atoms with Crippen LogP contribution in [0.5, 0.6) is 0 Å². The van der Waals surface area contributed by atoms with Crippen molar-refractivity contribution in [1.82, 2.24) is 0 Å². The van der Waals surface area contributed by atoms with Crippen molar-refractivity contribution in [2.24, 2.45) is 5.92 Å². The summed E-state index contributed by atoms with van der Waals surface area (Å²) in [5.41, 5.74) is 1.89. The van der Waals surface area contributed by atoms with Gasteiger partial charge in [0.25, 0.3) is 0 Å². The van der Waals surface area contributed by atoms with Crippen LogP contribution < -0.4 is 0 Å². The third kappa shape index (κ3) is 6.67. The van der Waals surface area contributed by atoms with E-state index in [1.165, 1.54) is 24.9 Å². The summed E-state index contributed by atoms with van der Waals surface area (Å²) in [6.07, 6.45) is 2.14. The van der Waals surface area contributed by atoms with E-state index in [4.69, 9.17) is 4.74 Å². The van der Waals surface area contributed by atoms with Gasteiger partial charge in [-0.2, -0.15) is 23.1 Å². The molecule has 1 atom stereocenters. The van der Waals surface area contributed by atoms with Gasteiger partial charge in [0.1, 0.15) is 0 Å². The molecule has 0 amide bonds. The van der Waals surface area contributed by atoms with Crippen molar-refractivity contribution < 1.29 is 14.3 Å². The lowest BCUT2D eigenvalue weighted by Gasteiger charge is -2.07. The van der Waals surface area contributed by atoms with Gasteiger partial charge in [-0.25, -0.2) is 4.79 Å². The molecular weight excluding hydrogens is 352 g/mol. The van der Waals surface area contributed by atoms with Crippen LogP contribution in [0.2, 0.25) is 0 Å². The van der Waals surface area contributed by atoms with Crippen LogP contribution in [-0.4, -0.2) is 29.9 Å². The van der Waals surface area contributed by atoms with Crippen LogP contribution in [0.25, 0.3) is 0 Å². The number of benzene rings is 1. The van der Waals surface area contributed by atoms with Crippen LogP contribution >= 0.6 is 23.1 Å². The van der Waals surface area contributed by atoms with E-state index in [9.17, 15) is 9.59 Å². The number of ketones is 1. The number of hydrogen-bond acceptors (Lipinski definition) is 5. The second kappa shape index (κ2) is 10.4. The fourth-order valence-electron chi connectivity index (χ4n) is 2.39. The molecule has 1 aromatic heterocycles. The fourth-order valence-corrected chi connectivity index (χ4v) is 4.40. The largest absolute Gasteiger partial charge is 0.462 e. The van der Waals surface area contributed by atoms with Gasteiger partial charge in [0.2, 0.25) is 0 Å². The number of ether oxygens (including phenoxy) is 1. The molecule has 1 fully saturated rings. The third-order valence-corrected chi connectivity index (χ3v) is 5.95. The Morgan fingerprint density at radius 2 is 1.96 bits per heavy atom. The predicted octanol–water partition coefficient (Wildman–Crippen LogP) is 5.11. The maximum absolute atomic E-state index is 11.9. The molecule has 25 heavy (non-hydrogen) atoms. The Bertz CT molecular complexity index is 674. The highest BCUT2D eigenvalue weighted by molar-refractivity contribution is 7.99. The van der Waals surface area contributed by atoms with E-state index in [0.717, 1.165) is 11.5 Å². The first kappa shape index (κ1) is 19.7. The van der Waals surface area contributed by atoms with Crippen LogP contribution in [0, 0.1) is 5.92 Å². The first-order chi connectivity index (χ1) is 12.1. The van der Waals surface area contributed by atoms with E-state index < -0.39 is 5.97 Å². The Morgan fingerprint density at radius 3 is 2.48 bits per heavy atom. The van der Waals surface area contributed by atoms with E-state index in [1.54, 1.807) is 35.6 Å². The molecule has 3 rings (SSSR count). The number of esters is 1. The maximum atomic E-state index is 11.9. The van der Waals surface area contributed by atoms with Gasteiger partial charge in [-0.15, -0.1) is 0 Å². The van der Waals surface area contributed by atoms with Gasteiger partial charge in [-0.05, 0) is 59.2 Å². The van der Waals surface area contributed by atoms with Crippen molar-refractivity contribution in [2.75, 3.05) is 18.1 Å². The van der Waals surface area contributed by atoms with Gasteiger partial charge in [0, 0.05) is 12.0 Å². The summed E-state index contributed by atoms with van der Waals surface area (Å²) in [5.74, 6) is 3.24. The number of carbonyl (C=O) groups excluding carboxylic acids is 2. The Balaban J connectivity index is 0.000000316. The summed E-state index contributed by atoms with van der Waals surface area (Å²) in [4.78, 5) is 23.4. The summed E-state index contributed by atoms with van der Waals surface area (Å²) >= 11 is 3.70. The molecule has 1 unspecified atom stereocenters. The first-order valence-corrected chi connectivity index (χ1v) is 10.5. The van der Waals surface area contributed by atoms with Gasteiger partial charge in [-0.1, -0.05) is 25.1 Å². The second-order valence-corrected chi connectivity index (χ2v) is 8.02. The quantitative estimate of drug-likeness (QED) is 0.537. The number of thioether (sulfide) groups is 1. The molecular formula is C20H24O3S2. The van der Waals surface area contributed by atoms with Crippen LogP contribution in [0.1, 0.15) is 46.5 Å². The number of rotatable bonds is 5. The average Bonchev–Trinajstić information content (AvgIpc) is 3.29.